The van der Waals surface area contributed by atoms with Crippen LogP contribution in [-0.2, 0) is 6.42 Å². The summed E-state index contributed by atoms with van der Waals surface area (Å²) in [6.45, 7) is 4.30. The first-order valence-corrected chi connectivity index (χ1v) is 6.54. The molecular weight excluding hydrogens is 218 g/mol. The van der Waals surface area contributed by atoms with Gasteiger partial charge in [0.05, 0.1) is 0 Å². The highest BCUT2D eigenvalue weighted by Crippen LogP contribution is 2.22. The van der Waals surface area contributed by atoms with E-state index >= 15 is 0 Å². The molecule has 0 aliphatic heterocycles. The molecule has 0 aromatic heterocycles. The van der Waals surface area contributed by atoms with E-state index in [1.165, 1.54) is 22.3 Å². The number of hydrogen-bond acceptors (Lipinski definition) is 1. The molecule has 18 heavy (non-hydrogen) atoms. The van der Waals surface area contributed by atoms with Crippen molar-refractivity contribution in [3.8, 4) is 0 Å². The Morgan fingerprint density at radius 1 is 0.944 bits per heavy atom. The van der Waals surface area contributed by atoms with Crippen LogP contribution in [0.1, 0.15) is 34.7 Å². The predicted molar refractivity (Wildman–Crippen MR) is 77.6 cm³/mol. The van der Waals surface area contributed by atoms with Crippen LogP contribution in [0.25, 0.3) is 0 Å². The second-order valence-corrected chi connectivity index (χ2v) is 4.92. The Hall–Kier alpha value is -1.60. The molecule has 0 radical (unpaired) electrons. The van der Waals surface area contributed by atoms with Gasteiger partial charge in [-0.3, -0.25) is 0 Å². The van der Waals surface area contributed by atoms with E-state index in [2.05, 4.69) is 56.3 Å². The monoisotopic (exact) mass is 239 g/mol. The van der Waals surface area contributed by atoms with Gasteiger partial charge in [-0.2, -0.15) is 0 Å². The van der Waals surface area contributed by atoms with Crippen LogP contribution in [0.5, 0.6) is 0 Å². The molecule has 2 rings (SSSR count). The van der Waals surface area contributed by atoms with Crippen LogP contribution in [0, 0.1) is 13.8 Å². The van der Waals surface area contributed by atoms with Gasteiger partial charge in [0.2, 0.25) is 0 Å². The largest absolute Gasteiger partial charge is 0.324 e. The van der Waals surface area contributed by atoms with E-state index in [1.54, 1.807) is 0 Å². The number of rotatable bonds is 4. The quantitative estimate of drug-likeness (QED) is 0.859. The lowest BCUT2D eigenvalue weighted by Gasteiger charge is -2.16. The van der Waals surface area contributed by atoms with Gasteiger partial charge >= 0.3 is 0 Å². The molecule has 0 heterocycles. The molecule has 1 atom stereocenters. The van der Waals surface area contributed by atoms with Crippen LogP contribution in [-0.4, -0.2) is 0 Å². The van der Waals surface area contributed by atoms with Crippen LogP contribution in [0.4, 0.5) is 0 Å². The fourth-order valence-electron chi connectivity index (χ4n) is 2.30. The molecule has 1 unspecified atom stereocenters. The SMILES string of the molecule is Cc1cccc(C(N)CCc2ccccc2)c1C. The standard InChI is InChI=1S/C17H21N/c1-13-7-6-10-16(14(13)2)17(18)12-11-15-8-4-3-5-9-15/h3-10,17H,11-12,18H2,1-2H3. The summed E-state index contributed by atoms with van der Waals surface area (Å²) in [4.78, 5) is 0. The maximum atomic E-state index is 6.31. The van der Waals surface area contributed by atoms with Gasteiger partial charge in [0.1, 0.15) is 0 Å². The highest BCUT2D eigenvalue weighted by atomic mass is 14.6. The molecule has 1 heteroatoms. The molecule has 0 amide bonds. The Bertz CT molecular complexity index is 502. The van der Waals surface area contributed by atoms with Crippen molar-refractivity contribution in [1.82, 2.24) is 0 Å². The summed E-state index contributed by atoms with van der Waals surface area (Å²) < 4.78 is 0. The highest BCUT2D eigenvalue weighted by molar-refractivity contribution is 5.35. The smallest absolute Gasteiger partial charge is 0.0300 e. The molecule has 0 aliphatic rings. The molecule has 1 nitrogen and oxygen atoms in total. The summed E-state index contributed by atoms with van der Waals surface area (Å²) in [6, 6.07) is 17.1. The molecule has 0 spiro atoms. The molecule has 0 saturated carbocycles. The molecule has 2 N–H and O–H groups in total. The fourth-order valence-corrected chi connectivity index (χ4v) is 2.30. The Balaban J connectivity index is 2.04. The van der Waals surface area contributed by atoms with Crippen molar-refractivity contribution in [2.45, 2.75) is 32.7 Å². The van der Waals surface area contributed by atoms with Crippen LogP contribution in [0.2, 0.25) is 0 Å². The van der Waals surface area contributed by atoms with Crippen LogP contribution < -0.4 is 5.73 Å². The Morgan fingerprint density at radius 2 is 1.67 bits per heavy atom. The minimum Gasteiger partial charge on any atom is -0.324 e. The first-order chi connectivity index (χ1) is 8.68. The minimum absolute atomic E-state index is 0.130. The maximum absolute atomic E-state index is 6.31. The van der Waals surface area contributed by atoms with Gasteiger partial charge in [-0.25, -0.2) is 0 Å². The highest BCUT2D eigenvalue weighted by Gasteiger charge is 2.09. The molecule has 0 aliphatic carbocycles. The zero-order valence-electron chi connectivity index (χ0n) is 11.2. The van der Waals surface area contributed by atoms with Crippen molar-refractivity contribution in [3.63, 3.8) is 0 Å². The van der Waals surface area contributed by atoms with Crippen LogP contribution >= 0.6 is 0 Å². The van der Waals surface area contributed by atoms with Crippen LogP contribution in [0.15, 0.2) is 48.5 Å². The summed E-state index contributed by atoms with van der Waals surface area (Å²) in [7, 11) is 0. The lowest BCUT2D eigenvalue weighted by Crippen LogP contribution is -2.13. The topological polar surface area (TPSA) is 26.0 Å². The van der Waals surface area contributed by atoms with Gasteiger partial charge in [0.15, 0.2) is 0 Å². The van der Waals surface area contributed by atoms with Crippen molar-refractivity contribution < 1.29 is 0 Å². The first-order valence-electron chi connectivity index (χ1n) is 6.54. The van der Waals surface area contributed by atoms with Gasteiger partial charge in [-0.15, -0.1) is 0 Å². The van der Waals surface area contributed by atoms with E-state index in [0.717, 1.165) is 12.8 Å². The van der Waals surface area contributed by atoms with Gasteiger partial charge in [-0.05, 0) is 48.9 Å². The second-order valence-electron chi connectivity index (χ2n) is 4.92. The fraction of sp³-hybridized carbons (Fsp3) is 0.294. The normalized spacial score (nSPS) is 12.4. The van der Waals surface area contributed by atoms with Gasteiger partial charge in [0.25, 0.3) is 0 Å². The summed E-state index contributed by atoms with van der Waals surface area (Å²) in [5.74, 6) is 0. The van der Waals surface area contributed by atoms with E-state index in [9.17, 15) is 0 Å². The number of nitrogens with two attached hydrogens (primary N) is 1. The van der Waals surface area contributed by atoms with E-state index in [0.29, 0.717) is 0 Å². The molecule has 94 valence electrons. The number of hydrogen-bond donors (Lipinski definition) is 1. The average Bonchev–Trinajstić information content (AvgIpc) is 2.40. The third kappa shape index (κ3) is 2.99. The zero-order valence-corrected chi connectivity index (χ0v) is 11.2. The van der Waals surface area contributed by atoms with Gasteiger partial charge < -0.3 is 5.73 Å². The van der Waals surface area contributed by atoms with E-state index in [-0.39, 0.29) is 6.04 Å². The number of aryl methyl sites for hydroxylation is 2. The first kappa shape index (κ1) is 12.8. The zero-order chi connectivity index (χ0) is 13.0. The molecular formula is C17H21N. The average molecular weight is 239 g/mol. The summed E-state index contributed by atoms with van der Waals surface area (Å²) in [5, 5.41) is 0. The van der Waals surface area contributed by atoms with E-state index < -0.39 is 0 Å². The second kappa shape index (κ2) is 5.83. The minimum atomic E-state index is 0.130. The van der Waals surface area contributed by atoms with Gasteiger partial charge in [0, 0.05) is 6.04 Å². The van der Waals surface area contributed by atoms with Crippen molar-refractivity contribution in [2.24, 2.45) is 5.73 Å². The third-order valence-corrected chi connectivity index (χ3v) is 3.63. The molecule has 0 fully saturated rings. The summed E-state index contributed by atoms with van der Waals surface area (Å²) in [5.41, 5.74) is 11.6. The van der Waals surface area contributed by atoms with Crippen molar-refractivity contribution >= 4 is 0 Å². The molecule has 2 aromatic rings. The molecule has 0 saturated heterocycles. The van der Waals surface area contributed by atoms with Crippen molar-refractivity contribution in [1.29, 1.82) is 0 Å². The lowest BCUT2D eigenvalue weighted by atomic mass is 9.94. The van der Waals surface area contributed by atoms with Crippen molar-refractivity contribution in [3.05, 3.63) is 70.8 Å². The maximum Gasteiger partial charge on any atom is 0.0300 e. The third-order valence-electron chi connectivity index (χ3n) is 3.63. The van der Waals surface area contributed by atoms with E-state index in [1.807, 2.05) is 6.07 Å². The Labute approximate surface area is 110 Å². The van der Waals surface area contributed by atoms with Gasteiger partial charge in [-0.1, -0.05) is 48.5 Å². The van der Waals surface area contributed by atoms with Crippen LogP contribution in [0.3, 0.4) is 0 Å². The predicted octanol–water partition coefficient (Wildman–Crippen LogP) is 3.94. The Morgan fingerprint density at radius 3 is 2.39 bits per heavy atom. The Kier molecular flexibility index (Phi) is 4.16. The lowest BCUT2D eigenvalue weighted by molar-refractivity contribution is 0.647. The number of benzene rings is 2. The molecule has 2 aromatic carbocycles. The molecule has 0 bridgehead atoms. The summed E-state index contributed by atoms with van der Waals surface area (Å²) >= 11 is 0. The van der Waals surface area contributed by atoms with E-state index in [4.69, 9.17) is 5.73 Å². The van der Waals surface area contributed by atoms with Crippen molar-refractivity contribution in [2.75, 3.05) is 0 Å². The summed E-state index contributed by atoms with van der Waals surface area (Å²) in [6.07, 6.45) is 2.03.